The van der Waals surface area contributed by atoms with Gasteiger partial charge in [-0.2, -0.15) is 0 Å². The second-order valence-corrected chi connectivity index (χ2v) is 5.91. The van der Waals surface area contributed by atoms with Gasteiger partial charge < -0.3 is 10.1 Å². The number of rotatable bonds is 4. The fourth-order valence-electron chi connectivity index (χ4n) is 1.53. The predicted molar refractivity (Wildman–Crippen MR) is 73.2 cm³/mol. The van der Waals surface area contributed by atoms with E-state index in [1.165, 1.54) is 4.68 Å². The smallest absolute Gasteiger partial charge is 0.361 e. The number of aromatic nitrogens is 3. The van der Waals surface area contributed by atoms with Crippen LogP contribution in [-0.4, -0.2) is 38.5 Å². The van der Waals surface area contributed by atoms with Gasteiger partial charge in [0.1, 0.15) is 12.1 Å². The average molecular weight is 282 g/mol. The number of carbonyl (C=O) groups is 2. The van der Waals surface area contributed by atoms with Crippen molar-refractivity contribution >= 4 is 11.9 Å². The Bertz CT molecular complexity index is 500. The molecule has 0 aliphatic rings. The Morgan fingerprint density at radius 3 is 2.45 bits per heavy atom. The van der Waals surface area contributed by atoms with Gasteiger partial charge in [0.05, 0.1) is 5.69 Å². The first-order chi connectivity index (χ1) is 9.10. The molecule has 0 saturated carbocycles. The zero-order chi connectivity index (χ0) is 15.5. The van der Waals surface area contributed by atoms with Crippen LogP contribution in [0.2, 0.25) is 0 Å². The first kappa shape index (κ1) is 16.1. The second-order valence-electron chi connectivity index (χ2n) is 5.91. The van der Waals surface area contributed by atoms with E-state index in [-0.39, 0.29) is 24.2 Å². The monoisotopic (exact) mass is 282 g/mol. The molecule has 0 aliphatic heterocycles. The summed E-state index contributed by atoms with van der Waals surface area (Å²) in [6.07, 6.45) is 0. The molecule has 0 aliphatic carbocycles. The SMILES string of the molecule is Cc1c(C(=O)OC(C)(C)C)nnn1CC(=O)NC(C)C. The van der Waals surface area contributed by atoms with Crippen molar-refractivity contribution in [3.05, 3.63) is 11.4 Å². The van der Waals surface area contributed by atoms with Gasteiger partial charge in [-0.25, -0.2) is 9.48 Å². The predicted octanol–water partition coefficient (Wildman–Crippen LogP) is 1.07. The van der Waals surface area contributed by atoms with Gasteiger partial charge in [0, 0.05) is 6.04 Å². The zero-order valence-corrected chi connectivity index (χ0v) is 12.9. The maximum Gasteiger partial charge on any atom is 0.361 e. The summed E-state index contributed by atoms with van der Waals surface area (Å²) in [4.78, 5) is 23.6. The minimum absolute atomic E-state index is 0.0276. The highest BCUT2D eigenvalue weighted by molar-refractivity contribution is 5.88. The Hall–Kier alpha value is -1.92. The molecule has 1 heterocycles. The van der Waals surface area contributed by atoms with Crippen molar-refractivity contribution in [3.63, 3.8) is 0 Å². The number of hydrogen-bond acceptors (Lipinski definition) is 5. The molecule has 1 amide bonds. The third-order valence-electron chi connectivity index (χ3n) is 2.32. The summed E-state index contributed by atoms with van der Waals surface area (Å²) in [5.74, 6) is -0.714. The summed E-state index contributed by atoms with van der Waals surface area (Å²) >= 11 is 0. The number of amides is 1. The molecule has 0 spiro atoms. The van der Waals surface area contributed by atoms with Crippen LogP contribution in [0, 0.1) is 6.92 Å². The maximum absolute atomic E-state index is 11.9. The lowest BCUT2D eigenvalue weighted by atomic mass is 10.2. The summed E-state index contributed by atoms with van der Waals surface area (Å²) < 4.78 is 6.62. The van der Waals surface area contributed by atoms with Crippen LogP contribution in [0.4, 0.5) is 0 Å². The standard InChI is InChI=1S/C13H22N4O3/c1-8(2)14-10(18)7-17-9(3)11(15-16-17)12(19)20-13(4,5)6/h8H,7H2,1-6H3,(H,14,18). The largest absolute Gasteiger partial charge is 0.455 e. The number of nitrogens with zero attached hydrogens (tertiary/aromatic N) is 3. The lowest BCUT2D eigenvalue weighted by molar-refractivity contribution is -0.122. The van der Waals surface area contributed by atoms with Crippen LogP contribution in [0.1, 0.15) is 50.8 Å². The van der Waals surface area contributed by atoms with Crippen molar-refractivity contribution in [1.82, 2.24) is 20.3 Å². The van der Waals surface area contributed by atoms with E-state index in [9.17, 15) is 9.59 Å². The number of nitrogens with one attached hydrogen (secondary N) is 1. The van der Waals surface area contributed by atoms with Gasteiger partial charge in [-0.1, -0.05) is 5.21 Å². The van der Waals surface area contributed by atoms with Crippen LogP contribution in [0.3, 0.4) is 0 Å². The molecule has 1 aromatic heterocycles. The van der Waals surface area contributed by atoms with E-state index in [0.29, 0.717) is 5.69 Å². The molecule has 1 rings (SSSR count). The maximum atomic E-state index is 11.9. The zero-order valence-electron chi connectivity index (χ0n) is 12.9. The van der Waals surface area contributed by atoms with Gasteiger partial charge in [-0.05, 0) is 41.5 Å². The Morgan fingerprint density at radius 1 is 1.35 bits per heavy atom. The Kier molecular flexibility index (Phi) is 4.86. The van der Waals surface area contributed by atoms with Crippen LogP contribution < -0.4 is 5.32 Å². The highest BCUT2D eigenvalue weighted by Gasteiger charge is 2.24. The first-order valence-electron chi connectivity index (χ1n) is 6.53. The van der Waals surface area contributed by atoms with E-state index >= 15 is 0 Å². The third-order valence-corrected chi connectivity index (χ3v) is 2.32. The molecule has 0 fully saturated rings. The fraction of sp³-hybridized carbons (Fsp3) is 0.692. The molecule has 0 atom stereocenters. The quantitative estimate of drug-likeness (QED) is 0.835. The normalized spacial score (nSPS) is 11.6. The van der Waals surface area contributed by atoms with E-state index in [0.717, 1.165) is 0 Å². The van der Waals surface area contributed by atoms with Crippen molar-refractivity contribution in [2.45, 2.75) is 59.7 Å². The van der Waals surface area contributed by atoms with E-state index in [1.807, 2.05) is 13.8 Å². The van der Waals surface area contributed by atoms with Crippen LogP contribution in [-0.2, 0) is 16.1 Å². The van der Waals surface area contributed by atoms with Gasteiger partial charge in [0.25, 0.3) is 0 Å². The summed E-state index contributed by atoms with van der Waals surface area (Å²) in [5.41, 5.74) is 0.0536. The van der Waals surface area contributed by atoms with Gasteiger partial charge in [-0.3, -0.25) is 4.79 Å². The van der Waals surface area contributed by atoms with Crippen LogP contribution in [0.5, 0.6) is 0 Å². The van der Waals surface area contributed by atoms with Crippen molar-refractivity contribution in [3.8, 4) is 0 Å². The van der Waals surface area contributed by atoms with E-state index in [2.05, 4.69) is 15.6 Å². The van der Waals surface area contributed by atoms with Crippen molar-refractivity contribution in [2.75, 3.05) is 0 Å². The van der Waals surface area contributed by atoms with Gasteiger partial charge in [0.15, 0.2) is 5.69 Å². The van der Waals surface area contributed by atoms with Crippen molar-refractivity contribution in [1.29, 1.82) is 0 Å². The van der Waals surface area contributed by atoms with Crippen LogP contribution in [0.25, 0.3) is 0 Å². The highest BCUT2D eigenvalue weighted by Crippen LogP contribution is 2.13. The summed E-state index contributed by atoms with van der Waals surface area (Å²) in [6, 6.07) is 0.0525. The van der Waals surface area contributed by atoms with Gasteiger partial charge in [0.2, 0.25) is 5.91 Å². The van der Waals surface area contributed by atoms with Gasteiger partial charge >= 0.3 is 5.97 Å². The average Bonchev–Trinajstić information content (AvgIpc) is 2.56. The molecule has 1 N–H and O–H groups in total. The Morgan fingerprint density at radius 2 is 1.95 bits per heavy atom. The number of ether oxygens (including phenoxy) is 1. The van der Waals surface area contributed by atoms with Crippen LogP contribution in [0.15, 0.2) is 0 Å². The summed E-state index contributed by atoms with van der Waals surface area (Å²) in [7, 11) is 0. The number of esters is 1. The van der Waals surface area contributed by atoms with Crippen molar-refractivity contribution in [2.24, 2.45) is 0 Å². The molecule has 0 saturated heterocycles. The summed E-state index contributed by atoms with van der Waals surface area (Å²) in [5, 5.41) is 10.4. The lowest BCUT2D eigenvalue weighted by Crippen LogP contribution is -2.33. The molecule has 0 aromatic carbocycles. The Balaban J connectivity index is 2.79. The highest BCUT2D eigenvalue weighted by atomic mass is 16.6. The molecule has 112 valence electrons. The molecule has 1 aromatic rings. The Labute approximate surface area is 118 Å². The minimum atomic E-state index is -0.595. The third kappa shape index (κ3) is 4.64. The molecule has 7 nitrogen and oxygen atoms in total. The molecule has 0 unspecified atom stereocenters. The van der Waals surface area contributed by atoms with Gasteiger partial charge in [-0.15, -0.1) is 5.10 Å². The topological polar surface area (TPSA) is 86.1 Å². The van der Waals surface area contributed by atoms with Crippen LogP contribution >= 0.6 is 0 Å². The van der Waals surface area contributed by atoms with E-state index < -0.39 is 11.6 Å². The fourth-order valence-corrected chi connectivity index (χ4v) is 1.53. The van der Waals surface area contributed by atoms with E-state index in [1.54, 1.807) is 27.7 Å². The number of hydrogen-bond donors (Lipinski definition) is 1. The minimum Gasteiger partial charge on any atom is -0.455 e. The molecule has 7 heteroatoms. The first-order valence-corrected chi connectivity index (χ1v) is 6.53. The summed E-state index contributed by atoms with van der Waals surface area (Å²) in [6.45, 7) is 10.8. The molecule has 0 radical (unpaired) electrons. The van der Waals surface area contributed by atoms with Crippen molar-refractivity contribution < 1.29 is 14.3 Å². The number of carbonyl (C=O) groups excluding carboxylic acids is 2. The molecule has 0 bridgehead atoms. The van der Waals surface area contributed by atoms with E-state index in [4.69, 9.17) is 4.74 Å². The lowest BCUT2D eigenvalue weighted by Gasteiger charge is -2.18. The second kappa shape index (κ2) is 6.02. The molecular formula is C13H22N4O3. The molecular weight excluding hydrogens is 260 g/mol. The molecule has 20 heavy (non-hydrogen) atoms.